The SMILES string of the molecule is Cc1ccc(NC(=O)C(C)(C)N)cc1.Cl. The molecule has 0 atom stereocenters. The molecule has 4 heteroatoms. The Morgan fingerprint density at radius 1 is 1.27 bits per heavy atom. The summed E-state index contributed by atoms with van der Waals surface area (Å²) in [5.41, 5.74) is 6.74. The number of nitrogens with one attached hydrogen (secondary N) is 1. The summed E-state index contributed by atoms with van der Waals surface area (Å²) < 4.78 is 0. The van der Waals surface area contributed by atoms with E-state index in [1.54, 1.807) is 13.8 Å². The maximum Gasteiger partial charge on any atom is 0.243 e. The molecule has 0 bridgehead atoms. The topological polar surface area (TPSA) is 55.1 Å². The highest BCUT2D eigenvalue weighted by molar-refractivity contribution is 5.97. The molecule has 0 fully saturated rings. The van der Waals surface area contributed by atoms with Crippen LogP contribution in [0.2, 0.25) is 0 Å². The number of hydrogen-bond donors (Lipinski definition) is 2. The Labute approximate surface area is 96.5 Å². The third-order valence-corrected chi connectivity index (χ3v) is 1.89. The van der Waals surface area contributed by atoms with E-state index in [1.807, 2.05) is 31.2 Å². The fourth-order valence-corrected chi connectivity index (χ4v) is 0.929. The van der Waals surface area contributed by atoms with Gasteiger partial charge in [-0.2, -0.15) is 0 Å². The molecule has 0 aromatic heterocycles. The number of halogens is 1. The second kappa shape index (κ2) is 5.14. The van der Waals surface area contributed by atoms with Crippen LogP contribution >= 0.6 is 12.4 Å². The minimum Gasteiger partial charge on any atom is -0.325 e. The summed E-state index contributed by atoms with van der Waals surface area (Å²) in [7, 11) is 0. The van der Waals surface area contributed by atoms with Crippen LogP contribution in [0.5, 0.6) is 0 Å². The molecule has 1 rings (SSSR count). The van der Waals surface area contributed by atoms with Gasteiger partial charge < -0.3 is 11.1 Å². The Morgan fingerprint density at radius 2 is 1.73 bits per heavy atom. The van der Waals surface area contributed by atoms with Crippen molar-refractivity contribution < 1.29 is 4.79 Å². The smallest absolute Gasteiger partial charge is 0.243 e. The molecule has 3 N–H and O–H groups in total. The van der Waals surface area contributed by atoms with Crippen LogP contribution in [-0.4, -0.2) is 11.4 Å². The van der Waals surface area contributed by atoms with Gasteiger partial charge in [0.1, 0.15) is 0 Å². The van der Waals surface area contributed by atoms with Gasteiger partial charge in [-0.1, -0.05) is 17.7 Å². The number of aryl methyl sites for hydroxylation is 1. The van der Waals surface area contributed by atoms with Crippen LogP contribution in [0.25, 0.3) is 0 Å². The summed E-state index contributed by atoms with van der Waals surface area (Å²) in [5, 5.41) is 2.75. The zero-order chi connectivity index (χ0) is 10.8. The number of amides is 1. The average molecular weight is 229 g/mol. The van der Waals surface area contributed by atoms with E-state index in [1.165, 1.54) is 0 Å². The first-order valence-electron chi connectivity index (χ1n) is 4.56. The van der Waals surface area contributed by atoms with Gasteiger partial charge in [-0.3, -0.25) is 4.79 Å². The summed E-state index contributed by atoms with van der Waals surface area (Å²) >= 11 is 0. The van der Waals surface area contributed by atoms with Crippen molar-refractivity contribution >= 4 is 24.0 Å². The number of hydrogen-bond acceptors (Lipinski definition) is 2. The fourth-order valence-electron chi connectivity index (χ4n) is 0.929. The highest BCUT2D eigenvalue weighted by Crippen LogP contribution is 2.10. The molecule has 0 aliphatic rings. The van der Waals surface area contributed by atoms with Gasteiger partial charge >= 0.3 is 0 Å². The van der Waals surface area contributed by atoms with E-state index in [0.29, 0.717) is 0 Å². The van der Waals surface area contributed by atoms with E-state index in [2.05, 4.69) is 5.32 Å². The molecule has 0 aliphatic carbocycles. The Balaban J connectivity index is 0.00000196. The molecule has 3 nitrogen and oxygen atoms in total. The van der Waals surface area contributed by atoms with E-state index >= 15 is 0 Å². The summed E-state index contributed by atoms with van der Waals surface area (Å²) in [4.78, 5) is 11.5. The lowest BCUT2D eigenvalue weighted by Gasteiger charge is -2.17. The van der Waals surface area contributed by atoms with Crippen molar-refractivity contribution in [2.24, 2.45) is 5.73 Å². The van der Waals surface area contributed by atoms with Crippen LogP contribution in [0.4, 0.5) is 5.69 Å². The van der Waals surface area contributed by atoms with Crippen molar-refractivity contribution in [1.29, 1.82) is 0 Å². The molecule has 0 saturated heterocycles. The zero-order valence-corrected chi connectivity index (χ0v) is 10.0. The van der Waals surface area contributed by atoms with Crippen molar-refractivity contribution in [3.8, 4) is 0 Å². The molecule has 84 valence electrons. The van der Waals surface area contributed by atoms with Crippen molar-refractivity contribution in [2.75, 3.05) is 5.32 Å². The van der Waals surface area contributed by atoms with Crippen LogP contribution in [0.1, 0.15) is 19.4 Å². The van der Waals surface area contributed by atoms with Gasteiger partial charge in [0.05, 0.1) is 5.54 Å². The predicted octanol–water partition coefficient (Wildman–Crippen LogP) is 2.09. The number of anilines is 1. The standard InChI is InChI=1S/C11H16N2O.ClH/c1-8-4-6-9(7-5-8)13-10(14)11(2,3)12;/h4-7H,12H2,1-3H3,(H,13,14);1H. The number of nitrogens with two attached hydrogens (primary N) is 1. The molecule has 0 aliphatic heterocycles. The predicted molar refractivity (Wildman–Crippen MR) is 65.3 cm³/mol. The van der Waals surface area contributed by atoms with Gasteiger partial charge in [0.25, 0.3) is 0 Å². The summed E-state index contributed by atoms with van der Waals surface area (Å²) in [6.07, 6.45) is 0. The first kappa shape index (κ1) is 13.9. The van der Waals surface area contributed by atoms with Gasteiger partial charge in [0.15, 0.2) is 0 Å². The Hall–Kier alpha value is -1.06. The zero-order valence-electron chi connectivity index (χ0n) is 9.20. The summed E-state index contributed by atoms with van der Waals surface area (Å²) in [6, 6.07) is 7.61. The second-order valence-corrected chi connectivity index (χ2v) is 4.04. The Kier molecular flexibility index (Phi) is 4.78. The lowest BCUT2D eigenvalue weighted by atomic mass is 10.1. The van der Waals surface area contributed by atoms with E-state index in [0.717, 1.165) is 11.3 Å². The summed E-state index contributed by atoms with van der Waals surface area (Å²) in [5.74, 6) is -0.179. The van der Waals surface area contributed by atoms with Crippen LogP contribution in [0, 0.1) is 6.92 Å². The molecule has 1 aromatic rings. The minimum atomic E-state index is -0.842. The van der Waals surface area contributed by atoms with Gasteiger partial charge in [0.2, 0.25) is 5.91 Å². The van der Waals surface area contributed by atoms with E-state index < -0.39 is 5.54 Å². The van der Waals surface area contributed by atoms with Crippen molar-refractivity contribution in [2.45, 2.75) is 26.3 Å². The lowest BCUT2D eigenvalue weighted by molar-refractivity contribution is -0.120. The number of carbonyl (C=O) groups is 1. The molecule has 0 unspecified atom stereocenters. The lowest BCUT2D eigenvalue weighted by Crippen LogP contribution is -2.45. The van der Waals surface area contributed by atoms with Gasteiger partial charge in [0, 0.05) is 5.69 Å². The number of benzene rings is 1. The second-order valence-electron chi connectivity index (χ2n) is 4.04. The van der Waals surface area contributed by atoms with E-state index in [4.69, 9.17) is 5.73 Å². The molecule has 0 radical (unpaired) electrons. The van der Waals surface area contributed by atoms with Crippen LogP contribution in [0.15, 0.2) is 24.3 Å². The number of rotatable bonds is 2. The monoisotopic (exact) mass is 228 g/mol. The molecule has 0 spiro atoms. The van der Waals surface area contributed by atoms with Crippen molar-refractivity contribution in [3.05, 3.63) is 29.8 Å². The molecule has 0 heterocycles. The van der Waals surface area contributed by atoms with E-state index in [-0.39, 0.29) is 18.3 Å². The highest BCUT2D eigenvalue weighted by Gasteiger charge is 2.21. The van der Waals surface area contributed by atoms with E-state index in [9.17, 15) is 4.79 Å². The normalized spacial score (nSPS) is 10.4. The average Bonchev–Trinajstić information content (AvgIpc) is 2.07. The van der Waals surface area contributed by atoms with Gasteiger partial charge in [-0.25, -0.2) is 0 Å². The largest absolute Gasteiger partial charge is 0.325 e. The van der Waals surface area contributed by atoms with Gasteiger partial charge in [-0.15, -0.1) is 12.4 Å². The third kappa shape index (κ3) is 4.32. The molecular weight excluding hydrogens is 212 g/mol. The molecule has 15 heavy (non-hydrogen) atoms. The van der Waals surface area contributed by atoms with Crippen molar-refractivity contribution in [3.63, 3.8) is 0 Å². The third-order valence-electron chi connectivity index (χ3n) is 1.89. The fraction of sp³-hybridized carbons (Fsp3) is 0.364. The number of carbonyl (C=O) groups excluding carboxylic acids is 1. The Morgan fingerprint density at radius 3 is 2.13 bits per heavy atom. The maximum absolute atomic E-state index is 11.5. The highest BCUT2D eigenvalue weighted by atomic mass is 35.5. The summed E-state index contributed by atoms with van der Waals surface area (Å²) in [6.45, 7) is 5.35. The first-order valence-corrected chi connectivity index (χ1v) is 4.56. The molecule has 1 aromatic carbocycles. The molecule has 1 amide bonds. The minimum absolute atomic E-state index is 0. The quantitative estimate of drug-likeness (QED) is 0.815. The Bertz CT molecular complexity index is 327. The van der Waals surface area contributed by atoms with Crippen LogP contribution in [0.3, 0.4) is 0 Å². The van der Waals surface area contributed by atoms with Crippen molar-refractivity contribution in [1.82, 2.24) is 0 Å². The maximum atomic E-state index is 11.5. The van der Waals surface area contributed by atoms with Crippen LogP contribution in [-0.2, 0) is 4.79 Å². The van der Waals surface area contributed by atoms with Gasteiger partial charge in [-0.05, 0) is 32.9 Å². The molecular formula is C11H17ClN2O. The van der Waals surface area contributed by atoms with Crippen LogP contribution < -0.4 is 11.1 Å². The molecule has 0 saturated carbocycles. The first-order chi connectivity index (χ1) is 6.39.